The summed E-state index contributed by atoms with van der Waals surface area (Å²) in [5.74, 6) is -0.325. The van der Waals surface area contributed by atoms with Crippen molar-refractivity contribution in [2.75, 3.05) is 14.2 Å². The van der Waals surface area contributed by atoms with Crippen LogP contribution in [0.15, 0.2) is 33.5 Å². The van der Waals surface area contributed by atoms with E-state index in [1.165, 1.54) is 38.5 Å². The number of phenolic OH excluding ortho intramolecular Hbond substituents is 2. The molecule has 0 fully saturated rings. The van der Waals surface area contributed by atoms with E-state index < -0.39 is 5.43 Å². The Morgan fingerprint density at radius 1 is 0.952 bits per heavy atom. The quantitative estimate of drug-likeness (QED) is 0.704. The first-order valence-electron chi connectivity index (χ1n) is 6.11. The molecule has 1 aromatic heterocycles. The van der Waals surface area contributed by atoms with Crippen molar-refractivity contribution in [2.45, 2.75) is 0 Å². The molecule has 1 heterocycles. The topological polar surface area (TPSA) is 89.1 Å². The number of ether oxygens (including phenoxy) is 2. The third-order valence-electron chi connectivity index (χ3n) is 3.30. The molecule has 0 bridgehead atoms. The van der Waals surface area contributed by atoms with Crippen LogP contribution in [0.5, 0.6) is 23.0 Å². The number of fused-ring (bicyclic) bond motifs is 2. The van der Waals surface area contributed by atoms with Crippen LogP contribution in [0.1, 0.15) is 0 Å². The van der Waals surface area contributed by atoms with Crippen molar-refractivity contribution >= 4 is 21.9 Å². The standard InChI is InChI=1S/C15H12O6/c1-19-10-6-5-8-11(13(10)17)14(18)12-9(21-8)4-3-7(16)15(12)20-2/h3-6,16-17H,1-2H3. The zero-order valence-corrected chi connectivity index (χ0v) is 11.3. The van der Waals surface area contributed by atoms with Gasteiger partial charge in [-0.25, -0.2) is 0 Å². The predicted molar refractivity (Wildman–Crippen MR) is 76.4 cm³/mol. The van der Waals surface area contributed by atoms with Crippen molar-refractivity contribution in [1.82, 2.24) is 0 Å². The zero-order chi connectivity index (χ0) is 15.1. The molecule has 0 saturated heterocycles. The molecule has 3 rings (SSSR count). The van der Waals surface area contributed by atoms with E-state index in [1.807, 2.05) is 0 Å². The third kappa shape index (κ3) is 1.76. The Hall–Kier alpha value is -2.89. The number of methoxy groups -OCH3 is 2. The lowest BCUT2D eigenvalue weighted by molar-refractivity contribution is 0.375. The summed E-state index contributed by atoms with van der Waals surface area (Å²) in [5.41, 5.74) is -0.0272. The van der Waals surface area contributed by atoms with E-state index >= 15 is 0 Å². The highest BCUT2D eigenvalue weighted by atomic mass is 16.5. The van der Waals surface area contributed by atoms with Crippen LogP contribution in [0.4, 0.5) is 0 Å². The van der Waals surface area contributed by atoms with E-state index in [4.69, 9.17) is 13.9 Å². The molecule has 2 N–H and O–H groups in total. The highest BCUT2D eigenvalue weighted by molar-refractivity contribution is 5.97. The minimum atomic E-state index is -0.504. The first-order chi connectivity index (χ1) is 10.1. The normalized spacial score (nSPS) is 11.0. The second kappa shape index (κ2) is 4.59. The Labute approximate surface area is 118 Å². The summed E-state index contributed by atoms with van der Waals surface area (Å²) < 4.78 is 15.6. The first kappa shape index (κ1) is 13.1. The Bertz CT molecular complexity index is 910. The maximum Gasteiger partial charge on any atom is 0.208 e. The number of phenols is 2. The average molecular weight is 288 g/mol. The van der Waals surface area contributed by atoms with E-state index in [2.05, 4.69) is 0 Å². The van der Waals surface area contributed by atoms with Gasteiger partial charge in [0, 0.05) is 0 Å². The van der Waals surface area contributed by atoms with E-state index in [0.29, 0.717) is 0 Å². The number of aromatic hydroxyl groups is 2. The molecule has 2 aromatic carbocycles. The number of hydrogen-bond donors (Lipinski definition) is 2. The molecule has 6 nitrogen and oxygen atoms in total. The highest BCUT2D eigenvalue weighted by Crippen LogP contribution is 2.38. The summed E-state index contributed by atoms with van der Waals surface area (Å²) in [7, 11) is 2.72. The molecule has 108 valence electrons. The van der Waals surface area contributed by atoms with Gasteiger partial charge in [0.15, 0.2) is 23.0 Å². The lowest BCUT2D eigenvalue weighted by Crippen LogP contribution is -2.05. The Morgan fingerprint density at radius 2 is 1.62 bits per heavy atom. The molecule has 0 spiro atoms. The number of rotatable bonds is 2. The van der Waals surface area contributed by atoms with Crippen LogP contribution >= 0.6 is 0 Å². The number of benzene rings is 2. The fourth-order valence-electron chi connectivity index (χ4n) is 2.33. The van der Waals surface area contributed by atoms with Gasteiger partial charge in [-0.3, -0.25) is 4.79 Å². The molecule has 6 heteroatoms. The van der Waals surface area contributed by atoms with Crippen molar-refractivity contribution in [3.8, 4) is 23.0 Å². The monoisotopic (exact) mass is 288 g/mol. The highest BCUT2D eigenvalue weighted by Gasteiger charge is 2.19. The first-order valence-corrected chi connectivity index (χ1v) is 6.11. The molecule has 0 aliphatic carbocycles. The summed E-state index contributed by atoms with van der Waals surface area (Å²) in [6, 6.07) is 5.88. The molecule has 0 unspecified atom stereocenters. The van der Waals surface area contributed by atoms with Crippen molar-refractivity contribution in [3.05, 3.63) is 34.5 Å². The second-order valence-electron chi connectivity index (χ2n) is 4.41. The SMILES string of the molecule is COc1ccc2oc3ccc(O)c(OC)c3c(=O)c2c1O. The fourth-order valence-corrected chi connectivity index (χ4v) is 2.33. The summed E-state index contributed by atoms with van der Waals surface area (Å²) in [5, 5.41) is 20.0. The smallest absolute Gasteiger partial charge is 0.208 e. The van der Waals surface area contributed by atoms with E-state index in [9.17, 15) is 15.0 Å². The largest absolute Gasteiger partial charge is 0.504 e. The predicted octanol–water partition coefficient (Wildman–Crippen LogP) is 2.37. The van der Waals surface area contributed by atoms with Gasteiger partial charge >= 0.3 is 0 Å². The van der Waals surface area contributed by atoms with Gasteiger partial charge in [0.2, 0.25) is 5.43 Å². The Balaban J connectivity index is 2.58. The molecule has 21 heavy (non-hydrogen) atoms. The zero-order valence-electron chi connectivity index (χ0n) is 11.3. The fraction of sp³-hybridized carbons (Fsp3) is 0.133. The Morgan fingerprint density at radius 3 is 2.29 bits per heavy atom. The minimum absolute atomic E-state index is 0.00497. The van der Waals surface area contributed by atoms with Crippen molar-refractivity contribution in [3.63, 3.8) is 0 Å². The lowest BCUT2D eigenvalue weighted by atomic mass is 10.1. The van der Waals surface area contributed by atoms with Gasteiger partial charge in [-0.15, -0.1) is 0 Å². The molecular weight excluding hydrogens is 276 g/mol. The molecule has 3 aromatic rings. The van der Waals surface area contributed by atoms with Crippen molar-refractivity contribution in [1.29, 1.82) is 0 Å². The lowest BCUT2D eigenvalue weighted by Gasteiger charge is -2.09. The molecule has 0 aliphatic heterocycles. The molecule has 0 atom stereocenters. The van der Waals surface area contributed by atoms with E-state index in [-0.39, 0.29) is 44.9 Å². The van der Waals surface area contributed by atoms with Gasteiger partial charge in [-0.1, -0.05) is 0 Å². The number of hydrogen-bond acceptors (Lipinski definition) is 6. The third-order valence-corrected chi connectivity index (χ3v) is 3.30. The van der Waals surface area contributed by atoms with Crippen LogP contribution in [-0.2, 0) is 0 Å². The van der Waals surface area contributed by atoms with Gasteiger partial charge in [-0.2, -0.15) is 0 Å². The minimum Gasteiger partial charge on any atom is -0.504 e. The summed E-state index contributed by atoms with van der Waals surface area (Å²) in [6.45, 7) is 0. The van der Waals surface area contributed by atoms with Gasteiger partial charge in [-0.05, 0) is 24.3 Å². The Kier molecular flexibility index (Phi) is 2.86. The molecule has 0 aliphatic rings. The van der Waals surface area contributed by atoms with Crippen molar-refractivity contribution in [2.24, 2.45) is 0 Å². The maximum atomic E-state index is 12.6. The summed E-state index contributed by atoms with van der Waals surface area (Å²) in [6.07, 6.45) is 0. The summed E-state index contributed by atoms with van der Waals surface area (Å²) >= 11 is 0. The van der Waals surface area contributed by atoms with Crippen LogP contribution in [0, 0.1) is 0 Å². The van der Waals surface area contributed by atoms with E-state index in [0.717, 1.165) is 0 Å². The molecule has 0 amide bonds. The molecule has 0 radical (unpaired) electrons. The average Bonchev–Trinajstić information content (AvgIpc) is 2.48. The van der Waals surface area contributed by atoms with Gasteiger partial charge < -0.3 is 24.1 Å². The van der Waals surface area contributed by atoms with Gasteiger partial charge in [0.1, 0.15) is 21.9 Å². The maximum absolute atomic E-state index is 12.6. The van der Waals surface area contributed by atoms with Gasteiger partial charge in [0.25, 0.3) is 0 Å². The van der Waals surface area contributed by atoms with Crippen LogP contribution < -0.4 is 14.9 Å². The second-order valence-corrected chi connectivity index (χ2v) is 4.41. The van der Waals surface area contributed by atoms with Gasteiger partial charge in [0.05, 0.1) is 14.2 Å². The summed E-state index contributed by atoms with van der Waals surface area (Å²) in [4.78, 5) is 12.6. The van der Waals surface area contributed by atoms with Crippen LogP contribution in [0.25, 0.3) is 21.9 Å². The van der Waals surface area contributed by atoms with Crippen molar-refractivity contribution < 1.29 is 24.1 Å². The van der Waals surface area contributed by atoms with Crippen LogP contribution in [0.3, 0.4) is 0 Å². The van der Waals surface area contributed by atoms with Crippen LogP contribution in [0.2, 0.25) is 0 Å². The van der Waals surface area contributed by atoms with E-state index in [1.54, 1.807) is 0 Å². The van der Waals surface area contributed by atoms with Crippen LogP contribution in [-0.4, -0.2) is 24.4 Å². The molecular formula is C15H12O6. The molecule has 0 saturated carbocycles.